The van der Waals surface area contributed by atoms with Crippen LogP contribution in [0, 0.1) is 11.8 Å². The lowest BCUT2D eigenvalue weighted by Gasteiger charge is -2.46. The number of halogens is 1. The Morgan fingerprint density at radius 3 is 2.82 bits per heavy atom. The molecule has 0 bridgehead atoms. The van der Waals surface area contributed by atoms with Crippen molar-refractivity contribution in [1.29, 1.82) is 0 Å². The quantitative estimate of drug-likeness (QED) is 0.309. The molecule has 182 valence electrons. The summed E-state index contributed by atoms with van der Waals surface area (Å²) in [5, 5.41) is 24.6. The highest BCUT2D eigenvalue weighted by Crippen LogP contribution is 2.56. The molecule has 5 N–H and O–H groups in total. The van der Waals surface area contributed by atoms with Gasteiger partial charge in [-0.05, 0) is 49.9 Å². The van der Waals surface area contributed by atoms with E-state index in [9.17, 15) is 19.8 Å². The molecule has 3 aliphatic rings. The fourth-order valence-corrected chi connectivity index (χ4v) is 8.81. The van der Waals surface area contributed by atoms with Gasteiger partial charge in [-0.1, -0.05) is 18.5 Å². The maximum atomic E-state index is 12.7. The third-order valence-corrected chi connectivity index (χ3v) is 10.8. The number of carbonyl (C=O) groups excluding carboxylic acids is 1. The van der Waals surface area contributed by atoms with Crippen LogP contribution in [0.15, 0.2) is 23.1 Å². The van der Waals surface area contributed by atoms with Gasteiger partial charge in [-0.25, -0.2) is 4.79 Å². The number of rotatable bonds is 8. The molecule has 3 heterocycles. The van der Waals surface area contributed by atoms with Crippen molar-refractivity contribution in [2.75, 3.05) is 12.3 Å². The normalized spacial score (nSPS) is 36.5. The summed E-state index contributed by atoms with van der Waals surface area (Å²) in [7, 11) is 0. The molecule has 0 radical (unpaired) electrons. The van der Waals surface area contributed by atoms with Crippen LogP contribution in [0.25, 0.3) is 0 Å². The van der Waals surface area contributed by atoms with Crippen molar-refractivity contribution in [3.8, 4) is 0 Å². The summed E-state index contributed by atoms with van der Waals surface area (Å²) in [5.41, 5.74) is 6.70. The molecule has 0 aliphatic carbocycles. The topological polar surface area (TPSA) is 116 Å². The van der Waals surface area contributed by atoms with Crippen molar-refractivity contribution < 1.29 is 19.8 Å². The van der Waals surface area contributed by atoms with Crippen molar-refractivity contribution in [3.05, 3.63) is 28.8 Å². The number of nitrogens with one attached hydrogen (secondary N) is 1. The predicted octanol–water partition coefficient (Wildman–Crippen LogP) is 2.42. The van der Waals surface area contributed by atoms with E-state index in [1.165, 1.54) is 4.90 Å². The van der Waals surface area contributed by atoms with Crippen LogP contribution in [-0.2, 0) is 16.1 Å². The molecule has 0 saturated carbocycles. The van der Waals surface area contributed by atoms with Crippen LogP contribution >= 0.6 is 35.1 Å². The number of carbonyl (C=O) groups is 2. The van der Waals surface area contributed by atoms with E-state index in [1.807, 2.05) is 32.0 Å². The maximum Gasteiger partial charge on any atom is 0.327 e. The van der Waals surface area contributed by atoms with Gasteiger partial charge in [0, 0.05) is 44.8 Å². The molecule has 8 atom stereocenters. The lowest BCUT2D eigenvalue weighted by molar-refractivity contribution is -0.171. The molecule has 0 spiro atoms. The molecule has 33 heavy (non-hydrogen) atoms. The number of carboxylic acids is 1. The Bertz CT molecular complexity index is 935. The molecule has 4 rings (SSSR count). The summed E-state index contributed by atoms with van der Waals surface area (Å²) in [4.78, 5) is 27.6. The number of aliphatic hydroxyl groups is 1. The van der Waals surface area contributed by atoms with Gasteiger partial charge in [0.25, 0.3) is 0 Å². The molecule has 7 nitrogen and oxygen atoms in total. The average molecular weight is 514 g/mol. The minimum atomic E-state index is -0.965. The molecule has 2 unspecified atom stereocenters. The van der Waals surface area contributed by atoms with Crippen LogP contribution in [0.5, 0.6) is 0 Å². The van der Waals surface area contributed by atoms with Gasteiger partial charge in [0.15, 0.2) is 0 Å². The molecular formula is C23H32ClN3O4S2. The van der Waals surface area contributed by atoms with Gasteiger partial charge < -0.3 is 26.2 Å². The zero-order valence-electron chi connectivity index (χ0n) is 19.0. The van der Waals surface area contributed by atoms with E-state index in [0.717, 1.165) is 29.2 Å². The summed E-state index contributed by atoms with van der Waals surface area (Å²) in [6, 6.07) is 5.14. The Morgan fingerprint density at radius 2 is 2.18 bits per heavy atom. The van der Waals surface area contributed by atoms with E-state index < -0.39 is 28.8 Å². The summed E-state index contributed by atoms with van der Waals surface area (Å²) >= 11 is 9.61. The first kappa shape index (κ1) is 25.1. The van der Waals surface area contributed by atoms with Crippen LogP contribution in [0.3, 0.4) is 0 Å². The largest absolute Gasteiger partial charge is 0.480 e. The minimum Gasteiger partial charge on any atom is -0.480 e. The molecule has 3 fully saturated rings. The number of aliphatic hydroxyl groups excluding tert-OH is 1. The van der Waals surface area contributed by atoms with Crippen LogP contribution in [0.2, 0.25) is 5.02 Å². The van der Waals surface area contributed by atoms with Crippen LogP contribution in [-0.4, -0.2) is 73.5 Å². The second-order valence-electron chi connectivity index (χ2n) is 9.56. The molecule has 3 aliphatic heterocycles. The smallest absolute Gasteiger partial charge is 0.327 e. The van der Waals surface area contributed by atoms with E-state index in [4.69, 9.17) is 17.3 Å². The van der Waals surface area contributed by atoms with Crippen molar-refractivity contribution in [2.24, 2.45) is 17.6 Å². The number of thioether (sulfide) groups is 2. The molecular weight excluding hydrogens is 482 g/mol. The third-order valence-electron chi connectivity index (χ3n) is 7.51. The summed E-state index contributed by atoms with van der Waals surface area (Å²) < 4.78 is -0.615. The fraction of sp³-hybridized carbons (Fsp3) is 0.652. The van der Waals surface area contributed by atoms with Crippen molar-refractivity contribution in [3.63, 3.8) is 0 Å². The fourth-order valence-electron chi connectivity index (χ4n) is 5.65. The van der Waals surface area contributed by atoms with Gasteiger partial charge >= 0.3 is 5.97 Å². The number of hydrogen-bond acceptors (Lipinski definition) is 7. The second-order valence-corrected chi connectivity index (χ2v) is 12.8. The molecule has 1 aromatic carbocycles. The number of nitrogens with two attached hydrogens (primary N) is 1. The summed E-state index contributed by atoms with van der Waals surface area (Å²) in [6.45, 7) is 6.84. The Morgan fingerprint density at radius 1 is 1.45 bits per heavy atom. The van der Waals surface area contributed by atoms with Crippen LogP contribution < -0.4 is 11.1 Å². The maximum absolute atomic E-state index is 12.7. The highest BCUT2D eigenvalue weighted by atomic mass is 35.5. The van der Waals surface area contributed by atoms with E-state index in [-0.39, 0.29) is 23.1 Å². The van der Waals surface area contributed by atoms with Gasteiger partial charge in [-0.3, -0.25) is 4.79 Å². The van der Waals surface area contributed by atoms with Gasteiger partial charge in [0.2, 0.25) is 5.91 Å². The number of aliphatic carboxylic acids is 1. The number of β-lactam (4-membered cyclic amide) rings is 1. The highest BCUT2D eigenvalue weighted by Gasteiger charge is 2.69. The Hall–Kier alpha value is -0.970. The van der Waals surface area contributed by atoms with Crippen molar-refractivity contribution in [1.82, 2.24) is 10.2 Å². The first-order chi connectivity index (χ1) is 15.6. The highest BCUT2D eigenvalue weighted by molar-refractivity contribution is 8.01. The standard InChI is InChI=1S/C23H32ClN3O4S2/c1-11-19-18(12(2)28)21(29)27(19)20(22(30)31)23(11,3)33-16-7-14(26-9-16)10-32-15-4-5-17(24)13(6-15)8-25/h4-6,11-12,14,16,18-20,26,28H,7-10,25H2,1-3H3,(H,30,31)/t11-,12-,14+,16+,18-,19-,20?,23?/m1/s1. The van der Waals surface area contributed by atoms with E-state index in [0.29, 0.717) is 17.6 Å². The van der Waals surface area contributed by atoms with Crippen molar-refractivity contribution >= 4 is 47.0 Å². The van der Waals surface area contributed by atoms with E-state index in [1.54, 1.807) is 30.4 Å². The Balaban J connectivity index is 1.40. The number of amides is 1. The zero-order valence-corrected chi connectivity index (χ0v) is 21.4. The monoisotopic (exact) mass is 513 g/mol. The lowest BCUT2D eigenvalue weighted by Crippen LogP contribution is -2.66. The summed E-state index contributed by atoms with van der Waals surface area (Å²) in [5.74, 6) is -0.842. The van der Waals surface area contributed by atoms with Gasteiger partial charge in [0.05, 0.1) is 18.1 Å². The van der Waals surface area contributed by atoms with Crippen LogP contribution in [0.4, 0.5) is 0 Å². The van der Waals surface area contributed by atoms with Gasteiger partial charge in [-0.2, -0.15) is 0 Å². The third kappa shape index (κ3) is 4.41. The average Bonchev–Trinajstić information content (AvgIpc) is 3.27. The SMILES string of the molecule is C[C@@H]1[C@@H]2[C@@H]([C@@H](C)O)C(=O)N2C(C(=O)O)C1(C)S[C@@H]1CN[C@H](CSc2ccc(Cl)c(CN)c2)C1. The number of fused-ring (bicyclic) bond motifs is 1. The minimum absolute atomic E-state index is 0.0296. The first-order valence-corrected chi connectivity index (χ1v) is 13.6. The van der Waals surface area contributed by atoms with Crippen molar-refractivity contribution in [2.45, 2.75) is 72.9 Å². The molecule has 10 heteroatoms. The van der Waals surface area contributed by atoms with Crippen LogP contribution in [0.1, 0.15) is 32.8 Å². The molecule has 3 saturated heterocycles. The predicted molar refractivity (Wildman–Crippen MR) is 133 cm³/mol. The van der Waals surface area contributed by atoms with Gasteiger partial charge in [0.1, 0.15) is 6.04 Å². The lowest BCUT2D eigenvalue weighted by atomic mass is 9.77. The van der Waals surface area contributed by atoms with E-state index in [2.05, 4.69) is 5.32 Å². The zero-order chi connectivity index (χ0) is 24.1. The Kier molecular flexibility index (Phi) is 7.30. The van der Waals surface area contributed by atoms with Gasteiger partial charge in [-0.15, -0.1) is 23.5 Å². The second kappa shape index (κ2) is 9.59. The van der Waals surface area contributed by atoms with E-state index >= 15 is 0 Å². The molecule has 0 aromatic heterocycles. The number of nitrogens with zero attached hydrogens (tertiary/aromatic N) is 1. The molecule has 1 aromatic rings. The molecule has 1 amide bonds. The number of hydrogen-bond donors (Lipinski definition) is 4. The Labute approximate surface area is 208 Å². The number of benzene rings is 1. The number of carboxylic acid groups (broad SMARTS) is 1. The summed E-state index contributed by atoms with van der Waals surface area (Å²) in [6.07, 6.45) is 0.160. The first-order valence-electron chi connectivity index (χ1n) is 11.3.